The van der Waals surface area contributed by atoms with E-state index in [-0.39, 0.29) is 0 Å². The summed E-state index contributed by atoms with van der Waals surface area (Å²) in [4.78, 5) is 0. The third-order valence-corrected chi connectivity index (χ3v) is 6.32. The monoisotopic (exact) mass is 388 g/mol. The molecule has 0 fully saturated rings. The Morgan fingerprint density at radius 3 is 2.71 bits per heavy atom. The van der Waals surface area contributed by atoms with Crippen LogP contribution >= 0.6 is 27.3 Å². The summed E-state index contributed by atoms with van der Waals surface area (Å²) in [5, 5.41) is 4.86. The van der Waals surface area contributed by atoms with Crippen LogP contribution in [0.4, 0.5) is 5.69 Å². The molecular weight excluding hydrogens is 372 g/mol. The highest BCUT2D eigenvalue weighted by Gasteiger charge is 2.18. The Morgan fingerprint density at radius 2 is 2.05 bits per heavy atom. The van der Waals surface area contributed by atoms with Crippen molar-refractivity contribution in [1.82, 2.24) is 5.32 Å². The molecule has 0 saturated heterocycles. The number of halogens is 1. The van der Waals surface area contributed by atoms with E-state index in [0.29, 0.717) is 16.4 Å². The van der Waals surface area contributed by atoms with Crippen molar-refractivity contribution in [2.45, 2.75) is 24.1 Å². The van der Waals surface area contributed by atoms with Gasteiger partial charge < -0.3 is 5.32 Å². The molecule has 2 aromatic rings. The van der Waals surface area contributed by atoms with E-state index >= 15 is 0 Å². The van der Waals surface area contributed by atoms with Crippen molar-refractivity contribution < 1.29 is 8.42 Å². The first-order valence-corrected chi connectivity index (χ1v) is 9.65. The molecule has 21 heavy (non-hydrogen) atoms. The van der Waals surface area contributed by atoms with Gasteiger partial charge in [0.05, 0.1) is 5.69 Å². The lowest BCUT2D eigenvalue weighted by molar-refractivity contribution is 0.603. The molecule has 4 nitrogen and oxygen atoms in total. The molecule has 0 aliphatic rings. The summed E-state index contributed by atoms with van der Waals surface area (Å²) in [6.07, 6.45) is 0.757. The van der Waals surface area contributed by atoms with E-state index in [9.17, 15) is 8.42 Å². The molecule has 1 aromatic heterocycles. The molecule has 0 atom stereocenters. The fraction of sp³-hybridized carbons (Fsp3) is 0.286. The van der Waals surface area contributed by atoms with E-state index in [1.807, 2.05) is 31.5 Å². The quantitative estimate of drug-likeness (QED) is 0.794. The van der Waals surface area contributed by atoms with Crippen LogP contribution in [-0.4, -0.2) is 15.5 Å². The van der Waals surface area contributed by atoms with Gasteiger partial charge in [0.15, 0.2) is 0 Å². The Labute approximate surface area is 137 Å². The molecule has 1 aromatic carbocycles. The van der Waals surface area contributed by atoms with Gasteiger partial charge in [0.25, 0.3) is 10.0 Å². The van der Waals surface area contributed by atoms with Crippen molar-refractivity contribution >= 4 is 43.0 Å². The minimum atomic E-state index is -3.53. The Balaban J connectivity index is 2.28. The second kappa shape index (κ2) is 6.91. The molecule has 0 spiro atoms. The zero-order valence-corrected chi connectivity index (χ0v) is 15.0. The maximum atomic E-state index is 12.4. The highest BCUT2D eigenvalue weighted by molar-refractivity contribution is 9.10. The number of hydrogen-bond donors (Lipinski definition) is 2. The Morgan fingerprint density at radius 1 is 1.29 bits per heavy atom. The average Bonchev–Trinajstić information content (AvgIpc) is 2.90. The number of hydrogen-bond acceptors (Lipinski definition) is 4. The van der Waals surface area contributed by atoms with Crippen LogP contribution in [0.25, 0.3) is 0 Å². The number of nitrogens with one attached hydrogen (secondary N) is 2. The summed E-state index contributed by atoms with van der Waals surface area (Å²) in [6, 6.07) is 7.24. The Bertz CT molecular complexity index is 726. The molecule has 114 valence electrons. The van der Waals surface area contributed by atoms with E-state index in [4.69, 9.17) is 0 Å². The molecule has 0 aliphatic carbocycles. The lowest BCUT2D eigenvalue weighted by Gasteiger charge is -2.11. The molecule has 0 radical (unpaired) electrons. The first kappa shape index (κ1) is 16.5. The van der Waals surface area contributed by atoms with E-state index in [0.717, 1.165) is 22.0 Å². The molecule has 7 heteroatoms. The maximum Gasteiger partial charge on any atom is 0.271 e. The largest absolute Gasteiger partial charge is 0.316 e. The van der Waals surface area contributed by atoms with Crippen LogP contribution in [0.1, 0.15) is 18.1 Å². The van der Waals surface area contributed by atoms with Crippen LogP contribution in [0.15, 0.2) is 38.3 Å². The van der Waals surface area contributed by atoms with Crippen molar-refractivity contribution in [2.75, 3.05) is 11.8 Å². The first-order chi connectivity index (χ1) is 9.96. The number of benzene rings is 1. The zero-order chi connectivity index (χ0) is 15.5. The second-order valence-electron chi connectivity index (χ2n) is 4.56. The predicted molar refractivity (Wildman–Crippen MR) is 91.4 cm³/mol. The number of sulfonamides is 1. The second-order valence-corrected chi connectivity index (χ2v) is 8.30. The van der Waals surface area contributed by atoms with Gasteiger partial charge in [-0.3, -0.25) is 4.72 Å². The van der Waals surface area contributed by atoms with E-state index < -0.39 is 10.0 Å². The molecule has 0 amide bonds. The molecule has 0 unspecified atom stereocenters. The fourth-order valence-electron chi connectivity index (χ4n) is 1.94. The van der Waals surface area contributed by atoms with Crippen LogP contribution in [0, 0.1) is 0 Å². The number of aryl methyl sites for hydroxylation is 1. The molecule has 2 N–H and O–H groups in total. The number of thiophene rings is 1. The van der Waals surface area contributed by atoms with E-state index in [1.165, 1.54) is 11.3 Å². The van der Waals surface area contributed by atoms with Gasteiger partial charge in [-0.25, -0.2) is 8.42 Å². The lowest BCUT2D eigenvalue weighted by Crippen LogP contribution is -2.13. The summed E-state index contributed by atoms with van der Waals surface area (Å²) in [6.45, 7) is 2.65. The average molecular weight is 389 g/mol. The minimum Gasteiger partial charge on any atom is -0.316 e. The molecule has 0 bridgehead atoms. The summed E-state index contributed by atoms with van der Waals surface area (Å²) in [5.41, 5.74) is 2.55. The van der Waals surface area contributed by atoms with Crippen molar-refractivity contribution in [3.05, 3.63) is 45.2 Å². The van der Waals surface area contributed by atoms with Crippen molar-refractivity contribution in [2.24, 2.45) is 0 Å². The van der Waals surface area contributed by atoms with Gasteiger partial charge >= 0.3 is 0 Å². The first-order valence-electron chi connectivity index (χ1n) is 6.49. The third-order valence-electron chi connectivity index (χ3n) is 2.97. The smallest absolute Gasteiger partial charge is 0.271 e. The lowest BCUT2D eigenvalue weighted by atomic mass is 10.1. The highest BCUT2D eigenvalue weighted by Crippen LogP contribution is 2.27. The molecular formula is C14H17BrN2O2S2. The topological polar surface area (TPSA) is 58.2 Å². The Hall–Kier alpha value is -0.890. The van der Waals surface area contributed by atoms with Crippen molar-refractivity contribution in [3.63, 3.8) is 0 Å². The number of rotatable bonds is 6. The zero-order valence-electron chi connectivity index (χ0n) is 11.8. The van der Waals surface area contributed by atoms with Gasteiger partial charge in [-0.2, -0.15) is 0 Å². The normalized spacial score (nSPS) is 11.6. The molecule has 0 aliphatic heterocycles. The SMILES string of the molecule is CCc1cc(Br)ccc1NS(=O)(=O)c1cc(CNC)cs1. The van der Waals surface area contributed by atoms with Gasteiger partial charge in [-0.05, 0) is 54.2 Å². The van der Waals surface area contributed by atoms with Crippen LogP contribution in [-0.2, 0) is 23.0 Å². The molecule has 2 rings (SSSR count). The summed E-state index contributed by atoms with van der Waals surface area (Å²) >= 11 is 4.63. The summed E-state index contributed by atoms with van der Waals surface area (Å²) in [5.74, 6) is 0. The Kier molecular flexibility index (Phi) is 5.43. The van der Waals surface area contributed by atoms with E-state index in [2.05, 4.69) is 26.0 Å². The van der Waals surface area contributed by atoms with Crippen molar-refractivity contribution in [1.29, 1.82) is 0 Å². The fourth-order valence-corrected chi connectivity index (χ4v) is 4.66. The predicted octanol–water partition coefficient (Wildman–Crippen LogP) is 3.59. The maximum absolute atomic E-state index is 12.4. The van der Waals surface area contributed by atoms with Gasteiger partial charge in [0.1, 0.15) is 4.21 Å². The molecule has 0 saturated carbocycles. The van der Waals surface area contributed by atoms with Crippen molar-refractivity contribution in [3.8, 4) is 0 Å². The number of anilines is 1. The van der Waals surface area contributed by atoms with Crippen LogP contribution in [0.5, 0.6) is 0 Å². The summed E-state index contributed by atoms with van der Waals surface area (Å²) in [7, 11) is -1.70. The standard InChI is InChI=1S/C14H17BrN2O2S2/c1-3-11-7-12(15)4-5-13(11)17-21(18,19)14-6-10(8-16-2)9-20-14/h4-7,9,16-17H,3,8H2,1-2H3. The third kappa shape index (κ3) is 4.06. The van der Waals surface area contributed by atoms with Crippen LogP contribution < -0.4 is 10.0 Å². The summed E-state index contributed by atoms with van der Waals surface area (Å²) < 4.78 is 28.8. The van der Waals surface area contributed by atoms with Crippen LogP contribution in [0.3, 0.4) is 0 Å². The van der Waals surface area contributed by atoms with Gasteiger partial charge in [0.2, 0.25) is 0 Å². The highest BCUT2D eigenvalue weighted by atomic mass is 79.9. The molecule has 1 heterocycles. The van der Waals surface area contributed by atoms with E-state index in [1.54, 1.807) is 12.1 Å². The van der Waals surface area contributed by atoms with Crippen LogP contribution in [0.2, 0.25) is 0 Å². The van der Waals surface area contributed by atoms with Gasteiger partial charge in [-0.15, -0.1) is 11.3 Å². The minimum absolute atomic E-state index is 0.331. The van der Waals surface area contributed by atoms with Gasteiger partial charge in [-0.1, -0.05) is 22.9 Å². The van der Waals surface area contributed by atoms with Gasteiger partial charge in [0, 0.05) is 11.0 Å².